The molecule has 2 fully saturated rings. The van der Waals surface area contributed by atoms with Gasteiger partial charge in [-0.25, -0.2) is 0 Å². The number of hydrogen-bond donors (Lipinski definition) is 2. The zero-order valence-electron chi connectivity index (χ0n) is 25.0. The van der Waals surface area contributed by atoms with Crippen molar-refractivity contribution >= 4 is 29.1 Å². The Bertz CT molecular complexity index is 1210. The van der Waals surface area contributed by atoms with Crippen molar-refractivity contribution in [1.82, 2.24) is 15.1 Å². The zero-order valence-corrected chi connectivity index (χ0v) is 25.0. The van der Waals surface area contributed by atoms with E-state index in [-0.39, 0.29) is 28.6 Å². The first-order valence-corrected chi connectivity index (χ1v) is 14.4. The highest BCUT2D eigenvalue weighted by Gasteiger charge is 2.27. The number of hydrogen-bond acceptors (Lipinski definition) is 5. The van der Waals surface area contributed by atoms with Crippen LogP contribution in [0, 0.1) is 5.41 Å². The van der Waals surface area contributed by atoms with Crippen LogP contribution in [-0.2, 0) is 10.2 Å². The van der Waals surface area contributed by atoms with Gasteiger partial charge in [-0.05, 0) is 46.7 Å². The molecule has 2 saturated heterocycles. The predicted molar refractivity (Wildman–Crippen MR) is 161 cm³/mol. The number of nitrogens with zero attached hydrogens (tertiary/aromatic N) is 3. The first kappa shape index (κ1) is 29.6. The number of benzene rings is 2. The monoisotopic (exact) mass is 547 g/mol. The molecule has 2 aliphatic rings. The molecule has 216 valence electrons. The number of amides is 3. The fourth-order valence-corrected chi connectivity index (χ4v) is 5.17. The number of nitrogens with one attached hydrogen (secondary N) is 2. The van der Waals surface area contributed by atoms with Crippen LogP contribution >= 0.6 is 0 Å². The van der Waals surface area contributed by atoms with Crippen LogP contribution in [0.1, 0.15) is 74.2 Å². The van der Waals surface area contributed by atoms with E-state index in [1.807, 2.05) is 46.2 Å². The quantitative estimate of drug-likeness (QED) is 0.581. The van der Waals surface area contributed by atoms with Crippen molar-refractivity contribution in [2.24, 2.45) is 5.41 Å². The maximum absolute atomic E-state index is 13.4. The summed E-state index contributed by atoms with van der Waals surface area (Å²) in [5, 5.41) is 6.38. The predicted octanol–water partition coefficient (Wildman–Crippen LogP) is 4.37. The van der Waals surface area contributed by atoms with Gasteiger partial charge in [0.15, 0.2) is 0 Å². The number of piperazine rings is 2. The summed E-state index contributed by atoms with van der Waals surface area (Å²) in [6.45, 7) is 18.1. The largest absolute Gasteiger partial charge is 0.366 e. The van der Waals surface area contributed by atoms with Gasteiger partial charge >= 0.3 is 0 Å². The molecule has 0 unspecified atom stereocenters. The summed E-state index contributed by atoms with van der Waals surface area (Å²) in [4.78, 5) is 45.4. The van der Waals surface area contributed by atoms with Gasteiger partial charge < -0.3 is 25.3 Å². The number of carbonyl (C=O) groups is 3. The molecule has 0 radical (unpaired) electrons. The maximum atomic E-state index is 13.4. The summed E-state index contributed by atoms with van der Waals surface area (Å²) < 4.78 is 0. The summed E-state index contributed by atoms with van der Waals surface area (Å²) in [6.07, 6.45) is 0.519. The molecular formula is C32H45N5O3. The van der Waals surface area contributed by atoms with E-state index in [0.29, 0.717) is 62.5 Å². The van der Waals surface area contributed by atoms with E-state index in [0.717, 1.165) is 24.3 Å². The first-order valence-electron chi connectivity index (χ1n) is 14.4. The second kappa shape index (κ2) is 12.0. The first-order chi connectivity index (χ1) is 18.8. The minimum atomic E-state index is -0.215. The topological polar surface area (TPSA) is 85.0 Å². The molecule has 0 bridgehead atoms. The van der Waals surface area contributed by atoms with Gasteiger partial charge in [-0.3, -0.25) is 14.4 Å². The van der Waals surface area contributed by atoms with Crippen LogP contribution in [0.5, 0.6) is 0 Å². The van der Waals surface area contributed by atoms with E-state index in [1.54, 1.807) is 6.07 Å². The van der Waals surface area contributed by atoms with Crippen molar-refractivity contribution in [1.29, 1.82) is 0 Å². The van der Waals surface area contributed by atoms with Crippen LogP contribution in [0.15, 0.2) is 42.5 Å². The summed E-state index contributed by atoms with van der Waals surface area (Å²) in [5.41, 5.74) is 3.70. The standard InChI is InChI=1S/C32H45N5O3/c1-31(2,3)22-28(38)36-19-17-35(18-20-36)27-12-9-24(30(40)37-15-13-33-14-16-37)21-26(27)34-29(39)23-7-10-25(11-8-23)32(4,5)6/h7-12,21,33H,13-20,22H2,1-6H3,(H,34,39). The fourth-order valence-electron chi connectivity index (χ4n) is 5.17. The Hall–Kier alpha value is -3.39. The van der Waals surface area contributed by atoms with Crippen molar-refractivity contribution in [2.45, 2.75) is 53.4 Å². The molecule has 40 heavy (non-hydrogen) atoms. The van der Waals surface area contributed by atoms with E-state index in [1.165, 1.54) is 0 Å². The van der Waals surface area contributed by atoms with Crippen LogP contribution in [-0.4, -0.2) is 79.9 Å². The van der Waals surface area contributed by atoms with Gasteiger partial charge in [-0.1, -0.05) is 53.7 Å². The highest BCUT2D eigenvalue weighted by atomic mass is 16.2. The summed E-state index contributed by atoms with van der Waals surface area (Å²) >= 11 is 0. The van der Waals surface area contributed by atoms with Crippen molar-refractivity contribution in [3.8, 4) is 0 Å². The molecule has 0 aromatic heterocycles. The maximum Gasteiger partial charge on any atom is 0.255 e. The van der Waals surface area contributed by atoms with Crippen LogP contribution in [0.4, 0.5) is 11.4 Å². The van der Waals surface area contributed by atoms with E-state index >= 15 is 0 Å². The van der Waals surface area contributed by atoms with E-state index in [9.17, 15) is 14.4 Å². The lowest BCUT2D eigenvalue weighted by molar-refractivity contribution is -0.133. The Labute approximate surface area is 239 Å². The smallest absolute Gasteiger partial charge is 0.255 e. The molecule has 2 N–H and O–H groups in total. The van der Waals surface area contributed by atoms with Crippen LogP contribution < -0.4 is 15.5 Å². The Kier molecular flexibility index (Phi) is 8.88. The molecule has 8 nitrogen and oxygen atoms in total. The average molecular weight is 548 g/mol. The van der Waals surface area contributed by atoms with Crippen molar-refractivity contribution in [3.63, 3.8) is 0 Å². The van der Waals surface area contributed by atoms with Crippen molar-refractivity contribution in [3.05, 3.63) is 59.2 Å². The van der Waals surface area contributed by atoms with Crippen LogP contribution in [0.3, 0.4) is 0 Å². The molecule has 8 heteroatoms. The molecule has 2 heterocycles. The van der Waals surface area contributed by atoms with Gasteiger partial charge in [0.2, 0.25) is 5.91 Å². The highest BCUT2D eigenvalue weighted by Crippen LogP contribution is 2.31. The van der Waals surface area contributed by atoms with Crippen LogP contribution in [0.2, 0.25) is 0 Å². The molecule has 0 spiro atoms. The Morgan fingerprint density at radius 2 is 1.38 bits per heavy atom. The fraction of sp³-hybridized carbons (Fsp3) is 0.531. The van der Waals surface area contributed by atoms with Crippen molar-refractivity contribution < 1.29 is 14.4 Å². The molecular weight excluding hydrogens is 502 g/mol. The second-order valence-electron chi connectivity index (χ2n) is 13.2. The van der Waals surface area contributed by atoms with Crippen molar-refractivity contribution in [2.75, 3.05) is 62.6 Å². The molecule has 4 rings (SSSR count). The minimum Gasteiger partial charge on any atom is -0.366 e. The minimum absolute atomic E-state index is 0.00273. The van der Waals surface area contributed by atoms with E-state index in [2.05, 4.69) is 57.1 Å². The summed E-state index contributed by atoms with van der Waals surface area (Å²) in [5.74, 6) is -0.0699. The number of carbonyl (C=O) groups excluding carboxylic acids is 3. The Morgan fingerprint density at radius 1 is 0.775 bits per heavy atom. The molecule has 2 aromatic rings. The zero-order chi connectivity index (χ0) is 29.1. The van der Waals surface area contributed by atoms with Gasteiger partial charge in [-0.2, -0.15) is 0 Å². The number of anilines is 2. The van der Waals surface area contributed by atoms with Gasteiger partial charge in [0.05, 0.1) is 11.4 Å². The van der Waals surface area contributed by atoms with E-state index < -0.39 is 0 Å². The lowest BCUT2D eigenvalue weighted by atomic mass is 9.86. The van der Waals surface area contributed by atoms with Gasteiger partial charge in [0, 0.05) is 69.9 Å². The summed E-state index contributed by atoms with van der Waals surface area (Å²) in [7, 11) is 0. The van der Waals surface area contributed by atoms with Crippen LogP contribution in [0.25, 0.3) is 0 Å². The molecule has 0 atom stereocenters. The second-order valence-corrected chi connectivity index (χ2v) is 13.2. The third kappa shape index (κ3) is 7.42. The third-order valence-electron chi connectivity index (χ3n) is 7.56. The molecule has 2 aromatic carbocycles. The van der Waals surface area contributed by atoms with Gasteiger partial charge in [-0.15, -0.1) is 0 Å². The highest BCUT2D eigenvalue weighted by molar-refractivity contribution is 6.07. The lowest BCUT2D eigenvalue weighted by Crippen LogP contribution is -2.49. The SMILES string of the molecule is CC(C)(C)CC(=O)N1CCN(c2ccc(C(=O)N3CCNCC3)cc2NC(=O)c2ccc(C(C)(C)C)cc2)CC1. The summed E-state index contributed by atoms with van der Waals surface area (Å²) in [6, 6.07) is 13.3. The molecule has 0 aliphatic carbocycles. The average Bonchev–Trinajstić information content (AvgIpc) is 2.92. The van der Waals surface area contributed by atoms with Gasteiger partial charge in [0.1, 0.15) is 0 Å². The third-order valence-corrected chi connectivity index (χ3v) is 7.56. The molecule has 0 saturated carbocycles. The number of rotatable bonds is 5. The van der Waals surface area contributed by atoms with Gasteiger partial charge in [0.25, 0.3) is 11.8 Å². The normalized spacial score (nSPS) is 16.6. The Balaban J connectivity index is 1.56. The molecule has 2 aliphatic heterocycles. The molecule has 3 amide bonds. The Morgan fingerprint density at radius 3 is 1.95 bits per heavy atom. The lowest BCUT2D eigenvalue weighted by Gasteiger charge is -2.38. The van der Waals surface area contributed by atoms with E-state index in [4.69, 9.17) is 0 Å².